The van der Waals surface area contributed by atoms with E-state index in [1.165, 1.54) is 12.2 Å². The molecule has 6 heteroatoms. The minimum atomic E-state index is -1.82. The molecule has 6 nitrogen and oxygen atoms in total. The SMILES string of the molecule is C=CCOC(C=C)(OCC=C)OC(=O)C=CC(=O)O. The molecular formula is C13H16O6. The summed E-state index contributed by atoms with van der Waals surface area (Å²) in [7, 11) is 0. The second-order valence-electron chi connectivity index (χ2n) is 3.10. The second kappa shape index (κ2) is 8.84. The normalized spacial score (nSPS) is 10.9. The highest BCUT2D eigenvalue weighted by atomic mass is 16.9. The Labute approximate surface area is 111 Å². The lowest BCUT2D eigenvalue weighted by Crippen LogP contribution is -2.39. The van der Waals surface area contributed by atoms with E-state index in [9.17, 15) is 9.59 Å². The molecule has 0 radical (unpaired) electrons. The first kappa shape index (κ1) is 16.8. The molecule has 1 N–H and O–H groups in total. The number of carbonyl (C=O) groups is 2. The van der Waals surface area contributed by atoms with Crippen molar-refractivity contribution in [3.05, 3.63) is 50.1 Å². The molecule has 0 aromatic carbocycles. The van der Waals surface area contributed by atoms with Crippen molar-refractivity contribution in [1.82, 2.24) is 0 Å². The molecule has 0 aromatic heterocycles. The summed E-state index contributed by atoms with van der Waals surface area (Å²) >= 11 is 0. The predicted octanol–water partition coefficient (Wildman–Crippen LogP) is 1.42. The Morgan fingerprint density at radius 3 is 1.95 bits per heavy atom. The van der Waals surface area contributed by atoms with Crippen molar-refractivity contribution in [2.24, 2.45) is 0 Å². The number of carboxylic acid groups (broad SMARTS) is 1. The van der Waals surface area contributed by atoms with Crippen LogP contribution in [0.2, 0.25) is 0 Å². The lowest BCUT2D eigenvalue weighted by molar-refractivity contribution is -0.323. The highest BCUT2D eigenvalue weighted by Crippen LogP contribution is 2.18. The molecule has 0 saturated carbocycles. The van der Waals surface area contributed by atoms with Crippen molar-refractivity contribution in [1.29, 1.82) is 0 Å². The average Bonchev–Trinajstić information content (AvgIpc) is 2.39. The molecule has 0 bridgehead atoms. The minimum Gasteiger partial charge on any atom is -0.478 e. The molecule has 0 unspecified atom stereocenters. The predicted molar refractivity (Wildman–Crippen MR) is 68.1 cm³/mol. The summed E-state index contributed by atoms with van der Waals surface area (Å²) in [6.07, 6.45) is 5.35. The van der Waals surface area contributed by atoms with Crippen LogP contribution in [0.4, 0.5) is 0 Å². The van der Waals surface area contributed by atoms with Crippen LogP contribution in [0.25, 0.3) is 0 Å². The number of carboxylic acids is 1. The Balaban J connectivity index is 4.84. The number of aliphatic carboxylic acids is 1. The van der Waals surface area contributed by atoms with Gasteiger partial charge in [-0.2, -0.15) is 0 Å². The van der Waals surface area contributed by atoms with Gasteiger partial charge in [-0.15, -0.1) is 13.2 Å². The Morgan fingerprint density at radius 2 is 1.58 bits per heavy atom. The molecule has 0 amide bonds. The van der Waals surface area contributed by atoms with Crippen molar-refractivity contribution in [2.75, 3.05) is 13.2 Å². The number of ether oxygens (including phenoxy) is 3. The molecule has 0 saturated heterocycles. The third kappa shape index (κ3) is 6.97. The Kier molecular flexibility index (Phi) is 7.83. The Bertz CT molecular complexity index is 371. The minimum absolute atomic E-state index is 0.0408. The summed E-state index contributed by atoms with van der Waals surface area (Å²) in [4.78, 5) is 21.7. The summed E-state index contributed by atoms with van der Waals surface area (Å²) in [5, 5.41) is 8.40. The molecule has 0 heterocycles. The van der Waals surface area contributed by atoms with Gasteiger partial charge in [-0.1, -0.05) is 18.7 Å². The smallest absolute Gasteiger partial charge is 0.351 e. The number of rotatable bonds is 10. The molecule has 0 aliphatic rings. The molecule has 0 fully saturated rings. The van der Waals surface area contributed by atoms with E-state index in [4.69, 9.17) is 19.3 Å². The van der Waals surface area contributed by atoms with Crippen LogP contribution < -0.4 is 0 Å². The van der Waals surface area contributed by atoms with Crippen LogP contribution in [0.3, 0.4) is 0 Å². The zero-order chi connectivity index (χ0) is 14.7. The first-order valence-corrected chi connectivity index (χ1v) is 5.27. The first-order valence-electron chi connectivity index (χ1n) is 5.27. The van der Waals surface area contributed by atoms with Crippen LogP contribution in [0, 0.1) is 0 Å². The van der Waals surface area contributed by atoms with Gasteiger partial charge in [-0.3, -0.25) is 0 Å². The third-order valence-corrected chi connectivity index (χ3v) is 1.66. The van der Waals surface area contributed by atoms with Gasteiger partial charge in [-0.25, -0.2) is 9.59 Å². The average molecular weight is 268 g/mol. The van der Waals surface area contributed by atoms with Gasteiger partial charge >= 0.3 is 17.9 Å². The second-order valence-corrected chi connectivity index (χ2v) is 3.10. The fraction of sp³-hybridized carbons (Fsp3) is 0.231. The summed E-state index contributed by atoms with van der Waals surface area (Å²) in [6.45, 7) is 10.4. The zero-order valence-corrected chi connectivity index (χ0v) is 10.4. The van der Waals surface area contributed by atoms with E-state index in [1.807, 2.05) is 0 Å². The van der Waals surface area contributed by atoms with Crippen molar-refractivity contribution in [3.63, 3.8) is 0 Å². The lowest BCUT2D eigenvalue weighted by Gasteiger charge is -2.28. The number of carbonyl (C=O) groups excluding carboxylic acids is 1. The van der Waals surface area contributed by atoms with Gasteiger partial charge in [0.2, 0.25) is 0 Å². The van der Waals surface area contributed by atoms with Gasteiger partial charge in [0.05, 0.1) is 13.2 Å². The fourth-order valence-electron chi connectivity index (χ4n) is 0.924. The highest BCUT2D eigenvalue weighted by molar-refractivity contribution is 5.90. The van der Waals surface area contributed by atoms with Crippen molar-refractivity contribution in [3.8, 4) is 0 Å². The summed E-state index contributed by atoms with van der Waals surface area (Å²) in [5.74, 6) is -4.04. The molecule has 0 rings (SSSR count). The maximum absolute atomic E-state index is 11.4. The summed E-state index contributed by atoms with van der Waals surface area (Å²) in [6, 6.07) is 0. The van der Waals surface area contributed by atoms with E-state index >= 15 is 0 Å². The van der Waals surface area contributed by atoms with Crippen LogP contribution in [0.5, 0.6) is 0 Å². The van der Waals surface area contributed by atoms with E-state index in [-0.39, 0.29) is 13.2 Å². The molecule has 0 atom stereocenters. The molecule has 0 spiro atoms. The summed E-state index contributed by atoms with van der Waals surface area (Å²) in [5.41, 5.74) is 0. The molecule has 104 valence electrons. The molecular weight excluding hydrogens is 252 g/mol. The monoisotopic (exact) mass is 268 g/mol. The van der Waals surface area contributed by atoms with E-state index in [0.29, 0.717) is 6.08 Å². The quantitative estimate of drug-likeness (QED) is 0.279. The van der Waals surface area contributed by atoms with Gasteiger partial charge in [0.1, 0.15) is 0 Å². The van der Waals surface area contributed by atoms with Gasteiger partial charge in [-0.05, 0) is 0 Å². The van der Waals surface area contributed by atoms with Gasteiger partial charge in [0, 0.05) is 18.2 Å². The van der Waals surface area contributed by atoms with Crippen LogP contribution in [-0.4, -0.2) is 36.2 Å². The van der Waals surface area contributed by atoms with E-state index in [2.05, 4.69) is 19.7 Å². The van der Waals surface area contributed by atoms with Gasteiger partial charge in [0.15, 0.2) is 0 Å². The molecule has 19 heavy (non-hydrogen) atoms. The van der Waals surface area contributed by atoms with E-state index < -0.39 is 17.9 Å². The van der Waals surface area contributed by atoms with Crippen molar-refractivity contribution < 1.29 is 28.9 Å². The van der Waals surface area contributed by atoms with Crippen LogP contribution >= 0.6 is 0 Å². The van der Waals surface area contributed by atoms with Gasteiger partial charge in [0.25, 0.3) is 0 Å². The van der Waals surface area contributed by atoms with Crippen LogP contribution in [-0.2, 0) is 23.8 Å². The maximum atomic E-state index is 11.4. The van der Waals surface area contributed by atoms with Gasteiger partial charge < -0.3 is 19.3 Å². The van der Waals surface area contributed by atoms with Crippen LogP contribution in [0.15, 0.2) is 50.1 Å². The maximum Gasteiger partial charge on any atom is 0.351 e. The van der Waals surface area contributed by atoms with Crippen molar-refractivity contribution in [2.45, 2.75) is 5.97 Å². The van der Waals surface area contributed by atoms with Crippen LogP contribution in [0.1, 0.15) is 0 Å². The molecule has 0 aliphatic carbocycles. The molecule has 0 aromatic rings. The molecule has 0 aliphatic heterocycles. The lowest BCUT2D eigenvalue weighted by atomic mass is 10.4. The fourth-order valence-corrected chi connectivity index (χ4v) is 0.924. The Morgan fingerprint density at radius 1 is 1.05 bits per heavy atom. The summed E-state index contributed by atoms with van der Waals surface area (Å²) < 4.78 is 15.2. The third-order valence-electron chi connectivity index (χ3n) is 1.66. The highest BCUT2D eigenvalue weighted by Gasteiger charge is 2.32. The van der Waals surface area contributed by atoms with E-state index in [0.717, 1.165) is 12.2 Å². The Hall–Kier alpha value is -2.18. The number of hydrogen-bond donors (Lipinski definition) is 1. The zero-order valence-electron chi connectivity index (χ0n) is 10.4. The standard InChI is InChI=1S/C13H16O6/c1-4-9-17-13(6-3,18-10-5-2)19-12(16)8-7-11(14)15/h4-8H,1-3,9-10H2,(H,14,15). The first-order chi connectivity index (χ1) is 8.99. The topological polar surface area (TPSA) is 82.1 Å². The number of esters is 1. The van der Waals surface area contributed by atoms with Crippen molar-refractivity contribution >= 4 is 11.9 Å². The van der Waals surface area contributed by atoms with E-state index in [1.54, 1.807) is 0 Å². The largest absolute Gasteiger partial charge is 0.478 e. The number of hydrogen-bond acceptors (Lipinski definition) is 5.